The van der Waals surface area contributed by atoms with Crippen LogP contribution in [0.5, 0.6) is 5.75 Å². The zero-order chi connectivity index (χ0) is 23.6. The van der Waals surface area contributed by atoms with Gasteiger partial charge in [0.15, 0.2) is 0 Å². The van der Waals surface area contributed by atoms with Crippen molar-refractivity contribution in [2.45, 2.75) is 32.0 Å². The van der Waals surface area contributed by atoms with Gasteiger partial charge in [-0.3, -0.25) is 14.9 Å². The van der Waals surface area contributed by atoms with Crippen LogP contribution in [0, 0.1) is 6.92 Å². The van der Waals surface area contributed by atoms with Gasteiger partial charge in [-0.15, -0.1) is 18.3 Å². The molecule has 4 rings (SSSR count). The molecule has 0 aliphatic carbocycles. The number of carbonyl (C=O) groups excluding carboxylic acids is 2. The topological polar surface area (TPSA) is 97.6 Å². The van der Waals surface area contributed by atoms with Crippen LogP contribution in [0.4, 0.5) is 24.9 Å². The van der Waals surface area contributed by atoms with E-state index >= 15 is 0 Å². The molecule has 2 heterocycles. The van der Waals surface area contributed by atoms with Crippen molar-refractivity contribution in [3.05, 3.63) is 65.5 Å². The maximum Gasteiger partial charge on any atom is 0.573 e. The van der Waals surface area contributed by atoms with E-state index in [-0.39, 0.29) is 48.9 Å². The van der Waals surface area contributed by atoms with Crippen molar-refractivity contribution in [3.8, 4) is 5.75 Å². The van der Waals surface area contributed by atoms with Crippen molar-refractivity contribution in [2.75, 3.05) is 16.8 Å². The summed E-state index contributed by atoms with van der Waals surface area (Å²) in [7, 11) is 0. The van der Waals surface area contributed by atoms with E-state index in [0.29, 0.717) is 5.69 Å². The summed E-state index contributed by atoms with van der Waals surface area (Å²) < 4.78 is 46.3. The molecule has 2 aromatic carbocycles. The summed E-state index contributed by atoms with van der Waals surface area (Å²) >= 11 is 0. The Morgan fingerprint density at radius 3 is 2.52 bits per heavy atom. The molecule has 1 aromatic heterocycles. The van der Waals surface area contributed by atoms with E-state index in [1.165, 1.54) is 17.0 Å². The lowest BCUT2D eigenvalue weighted by Gasteiger charge is -2.17. The normalized spacial score (nSPS) is 16.2. The van der Waals surface area contributed by atoms with E-state index in [4.69, 9.17) is 4.42 Å². The zero-order valence-corrected chi connectivity index (χ0v) is 17.4. The third-order valence-corrected chi connectivity index (χ3v) is 5.03. The number of alkyl halides is 3. The fraction of sp³-hybridized carbons (Fsp3) is 0.273. The van der Waals surface area contributed by atoms with Crippen molar-refractivity contribution < 1.29 is 31.9 Å². The van der Waals surface area contributed by atoms with Crippen LogP contribution >= 0.6 is 0 Å². The van der Waals surface area contributed by atoms with E-state index in [1.807, 2.05) is 31.2 Å². The molecule has 3 aromatic rings. The Bertz CT molecular complexity index is 1140. The van der Waals surface area contributed by atoms with Crippen LogP contribution in [-0.2, 0) is 16.0 Å². The lowest BCUT2D eigenvalue weighted by Crippen LogP contribution is -2.24. The Morgan fingerprint density at radius 2 is 1.85 bits per heavy atom. The molecule has 1 saturated heterocycles. The molecule has 1 aliphatic rings. The van der Waals surface area contributed by atoms with Gasteiger partial charge in [0.25, 0.3) is 0 Å². The van der Waals surface area contributed by atoms with Crippen LogP contribution in [-0.4, -0.2) is 34.9 Å². The Morgan fingerprint density at radius 1 is 1.15 bits per heavy atom. The fourth-order valence-corrected chi connectivity index (χ4v) is 3.46. The summed E-state index contributed by atoms with van der Waals surface area (Å²) in [4.78, 5) is 26.1. The summed E-state index contributed by atoms with van der Waals surface area (Å²) in [6, 6.07) is 12.5. The number of nitrogens with zero attached hydrogens (tertiary/aromatic N) is 3. The maximum atomic E-state index is 12.4. The average molecular weight is 460 g/mol. The molecular weight excluding hydrogens is 441 g/mol. The fourth-order valence-electron chi connectivity index (χ4n) is 3.46. The minimum atomic E-state index is -4.79. The smallest absolute Gasteiger partial charge is 0.407 e. The van der Waals surface area contributed by atoms with Gasteiger partial charge in [-0.1, -0.05) is 34.9 Å². The molecule has 1 aliphatic heterocycles. The first-order valence-electron chi connectivity index (χ1n) is 10.0. The van der Waals surface area contributed by atoms with Crippen LogP contribution in [0.25, 0.3) is 0 Å². The monoisotopic (exact) mass is 460 g/mol. The molecule has 0 bridgehead atoms. The van der Waals surface area contributed by atoms with Gasteiger partial charge in [-0.25, -0.2) is 0 Å². The van der Waals surface area contributed by atoms with Crippen LogP contribution in [0.3, 0.4) is 0 Å². The van der Waals surface area contributed by atoms with Crippen molar-refractivity contribution in [3.63, 3.8) is 0 Å². The molecule has 0 unspecified atom stereocenters. The number of benzene rings is 2. The highest BCUT2D eigenvalue weighted by atomic mass is 19.4. The van der Waals surface area contributed by atoms with Gasteiger partial charge in [-0.05, 0) is 36.8 Å². The Kier molecular flexibility index (Phi) is 6.03. The number of halogens is 3. The number of aryl methyl sites for hydroxylation is 1. The molecular formula is C22H19F3N4O4. The number of aromatic nitrogens is 2. The van der Waals surface area contributed by atoms with Crippen LogP contribution < -0.4 is 15.0 Å². The number of hydrogen-bond donors (Lipinski definition) is 1. The highest BCUT2D eigenvalue weighted by Gasteiger charge is 2.35. The van der Waals surface area contributed by atoms with Gasteiger partial charge in [-0.2, -0.15) is 0 Å². The van der Waals surface area contributed by atoms with Crippen molar-refractivity contribution in [1.29, 1.82) is 0 Å². The van der Waals surface area contributed by atoms with Crippen LogP contribution in [0.1, 0.15) is 29.4 Å². The lowest BCUT2D eigenvalue weighted by molar-refractivity contribution is -0.274. The van der Waals surface area contributed by atoms with Gasteiger partial charge in [0.05, 0.1) is 12.3 Å². The van der Waals surface area contributed by atoms with Gasteiger partial charge >= 0.3 is 12.4 Å². The highest BCUT2D eigenvalue weighted by Crippen LogP contribution is 2.33. The summed E-state index contributed by atoms with van der Waals surface area (Å²) in [5.41, 5.74) is 2.34. The average Bonchev–Trinajstić information content (AvgIpc) is 3.36. The van der Waals surface area contributed by atoms with Crippen molar-refractivity contribution in [1.82, 2.24) is 10.2 Å². The van der Waals surface area contributed by atoms with Gasteiger partial charge in [0, 0.05) is 18.7 Å². The molecule has 0 spiro atoms. The lowest BCUT2D eigenvalue weighted by atomic mass is 10.1. The van der Waals surface area contributed by atoms with Gasteiger partial charge < -0.3 is 14.1 Å². The number of nitrogens with one attached hydrogen (secondary N) is 1. The molecule has 172 valence electrons. The van der Waals surface area contributed by atoms with E-state index in [2.05, 4.69) is 20.3 Å². The third-order valence-electron chi connectivity index (χ3n) is 5.03. The standard InChI is InChI=1S/C22H19F3N4O4/c1-13-2-4-14(5-3-13)10-18(30)26-21-28-27-20(32-21)15-11-19(31)29(12-15)16-6-8-17(9-7-16)33-22(23,24)25/h2-9,15H,10-12H2,1H3,(H,26,28,30)/t15-/m1/s1. The van der Waals surface area contributed by atoms with Crippen molar-refractivity contribution >= 4 is 23.5 Å². The second kappa shape index (κ2) is 8.93. The van der Waals surface area contributed by atoms with E-state index < -0.39 is 12.3 Å². The molecule has 0 radical (unpaired) electrons. The first-order chi connectivity index (χ1) is 15.7. The molecule has 0 saturated carbocycles. The third kappa shape index (κ3) is 5.68. The maximum absolute atomic E-state index is 12.4. The molecule has 33 heavy (non-hydrogen) atoms. The molecule has 2 amide bonds. The number of amides is 2. The Labute approximate surface area is 186 Å². The van der Waals surface area contributed by atoms with Crippen LogP contribution in [0.2, 0.25) is 0 Å². The van der Waals surface area contributed by atoms with Gasteiger partial charge in [0.2, 0.25) is 17.7 Å². The summed E-state index contributed by atoms with van der Waals surface area (Å²) in [5, 5.41) is 10.3. The quantitative estimate of drug-likeness (QED) is 0.598. The minimum Gasteiger partial charge on any atom is -0.407 e. The van der Waals surface area contributed by atoms with E-state index in [0.717, 1.165) is 23.3 Å². The van der Waals surface area contributed by atoms with E-state index in [9.17, 15) is 22.8 Å². The molecule has 8 nitrogen and oxygen atoms in total. The van der Waals surface area contributed by atoms with Gasteiger partial charge in [0.1, 0.15) is 5.75 Å². The van der Waals surface area contributed by atoms with Crippen LogP contribution in [0.15, 0.2) is 52.9 Å². The number of rotatable bonds is 6. The number of anilines is 2. The molecule has 11 heteroatoms. The number of hydrogen-bond acceptors (Lipinski definition) is 6. The first-order valence-corrected chi connectivity index (χ1v) is 10.0. The number of ether oxygens (including phenoxy) is 1. The second-order valence-electron chi connectivity index (χ2n) is 7.60. The summed E-state index contributed by atoms with van der Waals surface area (Å²) in [6.07, 6.45) is -4.57. The van der Waals surface area contributed by atoms with E-state index in [1.54, 1.807) is 0 Å². The summed E-state index contributed by atoms with van der Waals surface area (Å²) in [6.45, 7) is 2.16. The molecule has 1 atom stereocenters. The predicted octanol–water partition coefficient (Wildman–Crippen LogP) is 3.98. The summed E-state index contributed by atoms with van der Waals surface area (Å²) in [5.74, 6) is -1.17. The predicted molar refractivity (Wildman–Crippen MR) is 111 cm³/mol. The Balaban J connectivity index is 1.36. The minimum absolute atomic E-state index is 0.0679. The highest BCUT2D eigenvalue weighted by molar-refractivity contribution is 5.96. The second-order valence-corrected chi connectivity index (χ2v) is 7.60. The number of carbonyl (C=O) groups is 2. The van der Waals surface area contributed by atoms with Crippen molar-refractivity contribution in [2.24, 2.45) is 0 Å². The SMILES string of the molecule is Cc1ccc(CC(=O)Nc2nnc([C@@H]3CC(=O)N(c4ccc(OC(F)(F)F)cc4)C3)o2)cc1. The molecule has 1 N–H and O–H groups in total. The largest absolute Gasteiger partial charge is 0.573 e. The Hall–Kier alpha value is -3.89. The molecule has 1 fully saturated rings. The zero-order valence-electron chi connectivity index (χ0n) is 17.4. The first kappa shape index (κ1) is 22.3.